The molecular formula is C15H11ClFN3OS. The van der Waals surface area contributed by atoms with Crippen molar-refractivity contribution in [2.45, 2.75) is 10.8 Å². The molecule has 0 saturated heterocycles. The van der Waals surface area contributed by atoms with Crippen LogP contribution in [0.5, 0.6) is 0 Å². The van der Waals surface area contributed by atoms with Crippen molar-refractivity contribution in [2.24, 2.45) is 0 Å². The zero-order valence-electron chi connectivity index (χ0n) is 11.3. The van der Waals surface area contributed by atoms with Crippen LogP contribution in [0.4, 0.5) is 10.1 Å². The number of halogens is 2. The molecule has 3 rings (SSSR count). The minimum Gasteiger partial charge on any atom is -0.394 e. The first-order valence-electron chi connectivity index (χ1n) is 6.39. The second-order valence-corrected chi connectivity index (χ2v) is 5.97. The number of nitrogens with two attached hydrogens (primary N) is 1. The van der Waals surface area contributed by atoms with Gasteiger partial charge in [0.25, 0.3) is 5.56 Å². The molecule has 0 aliphatic rings. The molecule has 22 heavy (non-hydrogen) atoms. The number of H-pyrrole nitrogens is 1. The van der Waals surface area contributed by atoms with Crippen molar-refractivity contribution in [1.29, 1.82) is 0 Å². The van der Waals surface area contributed by atoms with Crippen LogP contribution in [0.2, 0.25) is 5.15 Å². The van der Waals surface area contributed by atoms with Crippen LogP contribution in [0.25, 0.3) is 10.8 Å². The lowest BCUT2D eigenvalue weighted by atomic mass is 10.1. The molecule has 7 heteroatoms. The number of nitrogens with one attached hydrogen (secondary N) is 1. The molecule has 2 aromatic heterocycles. The van der Waals surface area contributed by atoms with E-state index in [1.54, 1.807) is 12.3 Å². The van der Waals surface area contributed by atoms with E-state index in [1.165, 1.54) is 30.0 Å². The maximum Gasteiger partial charge on any atom is 0.272 e. The number of nitrogens with zero attached hydrogens (tertiary/aromatic N) is 1. The summed E-state index contributed by atoms with van der Waals surface area (Å²) in [4.78, 5) is 18.6. The Morgan fingerprint density at radius 3 is 2.91 bits per heavy atom. The SMILES string of the molecule is Nc1c(=O)[nH]c(SCc2cccnc2Cl)c2cc(F)ccc12. The molecule has 0 amide bonds. The topological polar surface area (TPSA) is 71.8 Å². The summed E-state index contributed by atoms with van der Waals surface area (Å²) < 4.78 is 13.5. The first-order valence-corrected chi connectivity index (χ1v) is 7.76. The summed E-state index contributed by atoms with van der Waals surface area (Å²) >= 11 is 7.36. The van der Waals surface area contributed by atoms with Crippen molar-refractivity contribution in [3.05, 3.63) is 63.4 Å². The van der Waals surface area contributed by atoms with Gasteiger partial charge in [0.1, 0.15) is 16.7 Å². The van der Waals surface area contributed by atoms with Gasteiger partial charge >= 0.3 is 0 Å². The molecule has 0 radical (unpaired) electrons. The number of aromatic nitrogens is 2. The molecule has 0 bridgehead atoms. The standard InChI is InChI=1S/C15H11ClFN3OS/c16-13-8(2-1-5-19-13)7-22-15-11-6-9(17)3-4-10(11)12(18)14(21)20-15/h1-6H,7,18H2,(H,20,21). The molecule has 1 aromatic carbocycles. The summed E-state index contributed by atoms with van der Waals surface area (Å²) in [6.07, 6.45) is 1.60. The van der Waals surface area contributed by atoms with Gasteiger partial charge in [0.2, 0.25) is 0 Å². The van der Waals surface area contributed by atoms with E-state index in [4.69, 9.17) is 17.3 Å². The largest absolute Gasteiger partial charge is 0.394 e. The summed E-state index contributed by atoms with van der Waals surface area (Å²) in [6.45, 7) is 0. The van der Waals surface area contributed by atoms with Gasteiger partial charge < -0.3 is 10.7 Å². The average molecular weight is 336 g/mol. The highest BCUT2D eigenvalue weighted by atomic mass is 35.5. The quantitative estimate of drug-likeness (QED) is 0.566. The van der Waals surface area contributed by atoms with Crippen molar-refractivity contribution >= 4 is 39.8 Å². The highest BCUT2D eigenvalue weighted by Gasteiger charge is 2.11. The Morgan fingerprint density at radius 2 is 2.14 bits per heavy atom. The third-order valence-corrected chi connectivity index (χ3v) is 4.60. The van der Waals surface area contributed by atoms with Crippen molar-refractivity contribution in [1.82, 2.24) is 9.97 Å². The van der Waals surface area contributed by atoms with Gasteiger partial charge in [0.05, 0.1) is 5.03 Å². The van der Waals surface area contributed by atoms with Gasteiger partial charge in [-0.3, -0.25) is 4.79 Å². The van der Waals surface area contributed by atoms with E-state index in [1.807, 2.05) is 6.07 Å². The number of anilines is 1. The van der Waals surface area contributed by atoms with E-state index in [2.05, 4.69) is 9.97 Å². The van der Waals surface area contributed by atoms with Crippen molar-refractivity contribution in [3.63, 3.8) is 0 Å². The Bertz CT molecular complexity index is 913. The number of pyridine rings is 2. The van der Waals surface area contributed by atoms with E-state index < -0.39 is 0 Å². The monoisotopic (exact) mass is 335 g/mol. The Balaban J connectivity index is 2.04. The fraction of sp³-hybridized carbons (Fsp3) is 0.0667. The molecule has 3 N–H and O–H groups in total. The smallest absolute Gasteiger partial charge is 0.272 e. The van der Waals surface area contributed by atoms with Gasteiger partial charge in [-0.15, -0.1) is 11.8 Å². The number of aromatic amines is 1. The van der Waals surface area contributed by atoms with Gasteiger partial charge in [-0.25, -0.2) is 9.37 Å². The minimum absolute atomic E-state index is 0.0822. The van der Waals surface area contributed by atoms with Gasteiger partial charge in [0.15, 0.2) is 0 Å². The van der Waals surface area contributed by atoms with Crippen molar-refractivity contribution in [2.75, 3.05) is 5.73 Å². The lowest BCUT2D eigenvalue weighted by Crippen LogP contribution is -2.13. The number of hydrogen-bond donors (Lipinski definition) is 2. The third-order valence-electron chi connectivity index (χ3n) is 3.20. The fourth-order valence-electron chi connectivity index (χ4n) is 2.09. The van der Waals surface area contributed by atoms with Crippen LogP contribution >= 0.6 is 23.4 Å². The number of fused-ring (bicyclic) bond motifs is 1. The van der Waals surface area contributed by atoms with Crippen molar-refractivity contribution in [3.8, 4) is 0 Å². The first-order chi connectivity index (χ1) is 10.6. The summed E-state index contributed by atoms with van der Waals surface area (Å²) in [7, 11) is 0. The van der Waals surface area contributed by atoms with Crippen LogP contribution in [0.3, 0.4) is 0 Å². The average Bonchev–Trinajstić information content (AvgIpc) is 2.51. The number of hydrogen-bond acceptors (Lipinski definition) is 4. The van der Waals surface area contributed by atoms with Crippen LogP contribution in [0.15, 0.2) is 46.3 Å². The number of nitrogen functional groups attached to an aromatic ring is 1. The Kier molecular flexibility index (Phi) is 4.04. The molecule has 0 unspecified atom stereocenters. The normalized spacial score (nSPS) is 11.0. The van der Waals surface area contributed by atoms with Crippen LogP contribution in [-0.2, 0) is 5.75 Å². The third kappa shape index (κ3) is 2.80. The molecule has 3 aromatic rings. The fourth-order valence-corrected chi connectivity index (χ4v) is 3.38. The van der Waals surface area contributed by atoms with E-state index in [0.717, 1.165) is 5.56 Å². The predicted molar refractivity (Wildman–Crippen MR) is 87.7 cm³/mol. The number of rotatable bonds is 3. The Labute approximate surface area is 134 Å². The van der Waals surface area contributed by atoms with Crippen LogP contribution in [0, 0.1) is 5.82 Å². The van der Waals surface area contributed by atoms with Gasteiger partial charge in [0, 0.05) is 22.7 Å². The molecule has 2 heterocycles. The molecule has 112 valence electrons. The molecule has 4 nitrogen and oxygen atoms in total. The second kappa shape index (κ2) is 5.98. The number of benzene rings is 1. The summed E-state index contributed by atoms with van der Waals surface area (Å²) in [5.41, 5.74) is 6.28. The Hall–Kier alpha value is -2.05. The van der Waals surface area contributed by atoms with Gasteiger partial charge in [-0.05, 0) is 29.8 Å². The first kappa shape index (κ1) is 14.9. The zero-order chi connectivity index (χ0) is 15.7. The number of thioether (sulfide) groups is 1. The summed E-state index contributed by atoms with van der Waals surface area (Å²) in [6, 6.07) is 7.78. The maximum absolute atomic E-state index is 13.5. The van der Waals surface area contributed by atoms with Crippen molar-refractivity contribution < 1.29 is 4.39 Å². The van der Waals surface area contributed by atoms with Gasteiger partial charge in [-0.1, -0.05) is 17.7 Å². The molecule has 0 saturated carbocycles. The maximum atomic E-state index is 13.5. The van der Waals surface area contributed by atoms with E-state index in [0.29, 0.717) is 26.7 Å². The highest BCUT2D eigenvalue weighted by molar-refractivity contribution is 7.98. The zero-order valence-corrected chi connectivity index (χ0v) is 12.8. The summed E-state index contributed by atoms with van der Waals surface area (Å²) in [5.74, 6) is 0.109. The predicted octanol–water partition coefficient (Wildman–Crippen LogP) is 3.59. The van der Waals surface area contributed by atoms with Crippen LogP contribution in [0.1, 0.15) is 5.56 Å². The van der Waals surface area contributed by atoms with E-state index >= 15 is 0 Å². The van der Waals surface area contributed by atoms with E-state index in [9.17, 15) is 9.18 Å². The van der Waals surface area contributed by atoms with E-state index in [-0.39, 0.29) is 17.1 Å². The van der Waals surface area contributed by atoms with Gasteiger partial charge in [-0.2, -0.15) is 0 Å². The molecule has 0 aliphatic carbocycles. The highest BCUT2D eigenvalue weighted by Crippen LogP contribution is 2.31. The van der Waals surface area contributed by atoms with Crippen LogP contribution < -0.4 is 11.3 Å². The molecule has 0 atom stereocenters. The summed E-state index contributed by atoms with van der Waals surface area (Å²) in [5, 5.41) is 2.06. The lowest BCUT2D eigenvalue weighted by Gasteiger charge is -2.09. The Morgan fingerprint density at radius 1 is 1.32 bits per heavy atom. The van der Waals surface area contributed by atoms with Crippen LogP contribution in [-0.4, -0.2) is 9.97 Å². The minimum atomic E-state index is -0.390. The molecule has 0 fully saturated rings. The second-order valence-electron chi connectivity index (χ2n) is 4.63. The molecule has 0 spiro atoms. The molecule has 0 aliphatic heterocycles. The molecular weight excluding hydrogens is 325 g/mol. The lowest BCUT2D eigenvalue weighted by molar-refractivity contribution is 0.629.